The van der Waals surface area contributed by atoms with Gasteiger partial charge in [0.15, 0.2) is 11.7 Å². The number of ether oxygens (including phenoxy) is 2. The van der Waals surface area contributed by atoms with E-state index in [0.29, 0.717) is 0 Å². The summed E-state index contributed by atoms with van der Waals surface area (Å²) in [5.41, 5.74) is 1.01. The van der Waals surface area contributed by atoms with Crippen molar-refractivity contribution in [3.05, 3.63) is 71.5 Å². The number of nitrogens with zero attached hydrogens (tertiary/aromatic N) is 1. The Morgan fingerprint density at radius 3 is 2.35 bits per heavy atom. The first-order valence-corrected chi connectivity index (χ1v) is 9.54. The van der Waals surface area contributed by atoms with Gasteiger partial charge in [-0.05, 0) is 36.8 Å². The molecule has 2 N–H and O–H groups in total. The van der Waals surface area contributed by atoms with Crippen LogP contribution in [0.25, 0.3) is 0 Å². The lowest BCUT2D eigenvalue weighted by atomic mass is 10.1. The molecule has 0 saturated heterocycles. The molecule has 2 aromatic rings. The molecule has 0 aliphatic heterocycles. The predicted octanol–water partition coefficient (Wildman–Crippen LogP) is 3.21. The summed E-state index contributed by atoms with van der Waals surface area (Å²) in [6, 6.07) is 12.5. The molecule has 0 bridgehead atoms. The lowest BCUT2D eigenvalue weighted by Crippen LogP contribution is -2.42. The number of amides is 1. The first-order valence-electron chi connectivity index (χ1n) is 9.54. The predicted molar refractivity (Wildman–Crippen MR) is 110 cm³/mol. The van der Waals surface area contributed by atoms with E-state index < -0.39 is 23.9 Å². The average molecular weight is 430 g/mol. The van der Waals surface area contributed by atoms with Crippen LogP contribution in [0.1, 0.15) is 29.3 Å². The maximum atomic E-state index is 13.0. The zero-order valence-corrected chi connectivity index (χ0v) is 16.9. The van der Waals surface area contributed by atoms with Gasteiger partial charge in [0.25, 0.3) is 0 Å². The fourth-order valence-electron chi connectivity index (χ4n) is 2.50. The number of hydrogen-bond acceptors (Lipinski definition) is 6. The van der Waals surface area contributed by atoms with E-state index in [0.717, 1.165) is 17.7 Å². The smallest absolute Gasteiger partial charge is 0.408 e. The van der Waals surface area contributed by atoms with Crippen molar-refractivity contribution in [2.75, 3.05) is 13.2 Å². The minimum Gasteiger partial charge on any atom is -0.481 e. The second-order valence-corrected chi connectivity index (χ2v) is 6.37. The van der Waals surface area contributed by atoms with E-state index >= 15 is 0 Å². The lowest BCUT2D eigenvalue weighted by Gasteiger charge is -2.16. The van der Waals surface area contributed by atoms with Crippen LogP contribution >= 0.6 is 0 Å². The van der Waals surface area contributed by atoms with Crippen LogP contribution in [0.15, 0.2) is 59.6 Å². The fourth-order valence-corrected chi connectivity index (χ4v) is 2.50. The number of aliphatic carboxylic acids is 1. The van der Waals surface area contributed by atoms with E-state index in [-0.39, 0.29) is 43.4 Å². The van der Waals surface area contributed by atoms with Gasteiger partial charge in [0.1, 0.15) is 25.0 Å². The standard InChI is InChI=1S/C22H23FN2O6/c1-2-30-20(24-13-19(26)16-8-10-17(23)11-9-16)12-18(21(27)28)25-22(29)31-14-15-6-4-3-5-7-15/h3-11,18H,2,12-14H2,1H3,(H,25,29)(H,27,28)/t18-/m0/s1. The Kier molecular flexibility index (Phi) is 9.15. The Bertz CT molecular complexity index is 915. The van der Waals surface area contributed by atoms with Gasteiger partial charge in [-0.2, -0.15) is 0 Å². The maximum absolute atomic E-state index is 13.0. The Balaban J connectivity index is 1.97. The molecule has 0 radical (unpaired) electrons. The molecule has 0 aromatic heterocycles. The van der Waals surface area contributed by atoms with Crippen molar-refractivity contribution in [2.24, 2.45) is 4.99 Å². The minimum absolute atomic E-state index is 0.00581. The average Bonchev–Trinajstić information content (AvgIpc) is 2.76. The molecule has 1 amide bonds. The monoisotopic (exact) mass is 430 g/mol. The van der Waals surface area contributed by atoms with Gasteiger partial charge in [0, 0.05) is 5.56 Å². The van der Waals surface area contributed by atoms with Crippen LogP contribution in [0, 0.1) is 5.82 Å². The van der Waals surface area contributed by atoms with Crippen LogP contribution < -0.4 is 5.32 Å². The van der Waals surface area contributed by atoms with Crippen LogP contribution in [0.2, 0.25) is 0 Å². The largest absolute Gasteiger partial charge is 0.481 e. The quantitative estimate of drug-likeness (QED) is 0.340. The second-order valence-electron chi connectivity index (χ2n) is 6.37. The third-order valence-corrected chi connectivity index (χ3v) is 4.06. The first kappa shape index (κ1) is 23.5. The number of carbonyl (C=O) groups is 3. The van der Waals surface area contributed by atoms with Gasteiger partial charge in [0.05, 0.1) is 13.0 Å². The van der Waals surface area contributed by atoms with Gasteiger partial charge in [-0.15, -0.1) is 0 Å². The van der Waals surface area contributed by atoms with E-state index in [1.807, 2.05) is 6.07 Å². The van der Waals surface area contributed by atoms with Crippen molar-refractivity contribution in [3.63, 3.8) is 0 Å². The molecular formula is C22H23FN2O6. The lowest BCUT2D eigenvalue weighted by molar-refractivity contribution is -0.139. The number of carboxylic acid groups (broad SMARTS) is 1. The number of aliphatic imine (C=N–C) groups is 1. The Morgan fingerprint density at radius 2 is 1.74 bits per heavy atom. The van der Waals surface area contributed by atoms with Crippen molar-refractivity contribution in [1.29, 1.82) is 0 Å². The highest BCUT2D eigenvalue weighted by Crippen LogP contribution is 2.06. The number of rotatable bonds is 10. The number of Topliss-reactive ketones (excluding diaryl/α,β-unsaturated/α-hetero) is 1. The van der Waals surface area contributed by atoms with Crippen molar-refractivity contribution < 1.29 is 33.4 Å². The van der Waals surface area contributed by atoms with Gasteiger partial charge in [-0.1, -0.05) is 30.3 Å². The highest BCUT2D eigenvalue weighted by atomic mass is 19.1. The molecule has 0 heterocycles. The molecule has 8 nitrogen and oxygen atoms in total. The maximum Gasteiger partial charge on any atom is 0.408 e. The zero-order chi connectivity index (χ0) is 22.6. The van der Waals surface area contributed by atoms with E-state index in [9.17, 15) is 23.9 Å². The normalized spacial score (nSPS) is 12.0. The third-order valence-electron chi connectivity index (χ3n) is 4.06. The summed E-state index contributed by atoms with van der Waals surface area (Å²) in [7, 11) is 0. The number of nitrogens with one attached hydrogen (secondary N) is 1. The first-order chi connectivity index (χ1) is 14.9. The van der Waals surface area contributed by atoms with Gasteiger partial charge >= 0.3 is 12.1 Å². The minimum atomic E-state index is -1.37. The van der Waals surface area contributed by atoms with Crippen molar-refractivity contribution in [1.82, 2.24) is 5.32 Å². The number of halogens is 1. The van der Waals surface area contributed by atoms with Gasteiger partial charge < -0.3 is 19.9 Å². The Hall–Kier alpha value is -3.75. The molecule has 0 aliphatic rings. The topological polar surface area (TPSA) is 114 Å². The molecule has 0 spiro atoms. The van der Waals surface area contributed by atoms with Crippen LogP contribution in [0.4, 0.5) is 9.18 Å². The van der Waals surface area contributed by atoms with E-state index in [1.54, 1.807) is 31.2 Å². The number of ketones is 1. The molecule has 0 saturated carbocycles. The van der Waals surface area contributed by atoms with Crippen LogP contribution in [0.5, 0.6) is 0 Å². The summed E-state index contributed by atoms with van der Waals surface area (Å²) in [5.74, 6) is -2.17. The molecule has 0 unspecified atom stereocenters. The summed E-state index contributed by atoms with van der Waals surface area (Å²) < 4.78 is 23.3. The summed E-state index contributed by atoms with van der Waals surface area (Å²) in [6.07, 6.45) is -1.19. The van der Waals surface area contributed by atoms with E-state index in [2.05, 4.69) is 10.3 Å². The second kappa shape index (κ2) is 12.1. The van der Waals surface area contributed by atoms with E-state index in [1.165, 1.54) is 12.1 Å². The molecule has 0 fully saturated rings. The van der Waals surface area contributed by atoms with Crippen LogP contribution in [-0.2, 0) is 20.9 Å². The molecule has 0 aliphatic carbocycles. The Labute approximate surface area is 178 Å². The van der Waals surface area contributed by atoms with Crippen molar-refractivity contribution in [2.45, 2.75) is 26.0 Å². The van der Waals surface area contributed by atoms with Crippen molar-refractivity contribution >= 4 is 23.7 Å². The fraction of sp³-hybridized carbons (Fsp3) is 0.273. The van der Waals surface area contributed by atoms with Gasteiger partial charge in [-0.3, -0.25) is 4.79 Å². The SMILES string of the molecule is CCOC(C[C@H](NC(=O)OCc1ccccc1)C(=O)O)=NCC(=O)c1ccc(F)cc1. The number of alkyl carbamates (subject to hydrolysis) is 1. The molecule has 2 rings (SSSR count). The molecule has 1 atom stereocenters. The summed E-state index contributed by atoms with van der Waals surface area (Å²) in [6.45, 7) is 1.53. The number of benzene rings is 2. The zero-order valence-electron chi connectivity index (χ0n) is 16.9. The molecule has 164 valence electrons. The molecular weight excluding hydrogens is 407 g/mol. The number of hydrogen-bond donors (Lipinski definition) is 2. The Morgan fingerprint density at radius 1 is 1.06 bits per heavy atom. The number of carboxylic acids is 1. The van der Waals surface area contributed by atoms with E-state index in [4.69, 9.17) is 9.47 Å². The third kappa shape index (κ3) is 8.25. The van der Waals surface area contributed by atoms with Crippen molar-refractivity contribution in [3.8, 4) is 0 Å². The number of carbonyl (C=O) groups excluding carboxylic acids is 2. The summed E-state index contributed by atoms with van der Waals surface area (Å²) in [5, 5.41) is 11.7. The molecule has 2 aromatic carbocycles. The molecule has 31 heavy (non-hydrogen) atoms. The summed E-state index contributed by atoms with van der Waals surface area (Å²) >= 11 is 0. The van der Waals surface area contributed by atoms with Gasteiger partial charge in [-0.25, -0.2) is 19.0 Å². The van der Waals surface area contributed by atoms with Gasteiger partial charge in [0.2, 0.25) is 0 Å². The van der Waals surface area contributed by atoms with Crippen LogP contribution in [-0.4, -0.2) is 48.0 Å². The van der Waals surface area contributed by atoms with Crippen LogP contribution in [0.3, 0.4) is 0 Å². The highest BCUT2D eigenvalue weighted by Gasteiger charge is 2.24. The highest BCUT2D eigenvalue weighted by molar-refractivity contribution is 5.99. The molecule has 9 heteroatoms. The summed E-state index contributed by atoms with van der Waals surface area (Å²) in [4.78, 5) is 39.8.